The molecular formula is C16H17FO2. The molecule has 1 atom stereocenters. The van der Waals surface area contributed by atoms with E-state index >= 15 is 0 Å². The smallest absolute Gasteiger partial charge is 0.126 e. The van der Waals surface area contributed by atoms with Crippen molar-refractivity contribution in [3.05, 3.63) is 65.0 Å². The summed E-state index contributed by atoms with van der Waals surface area (Å²) in [5.41, 5.74) is 2.25. The molecule has 1 N–H and O–H groups in total. The molecular weight excluding hydrogens is 243 g/mol. The van der Waals surface area contributed by atoms with Gasteiger partial charge in [0.05, 0.1) is 13.2 Å². The SMILES string of the molecule is COc1cccc(CC(O)c2ccc(F)c(C)c2)c1. The van der Waals surface area contributed by atoms with Gasteiger partial charge < -0.3 is 9.84 Å². The third kappa shape index (κ3) is 3.32. The molecule has 0 aromatic heterocycles. The van der Waals surface area contributed by atoms with E-state index in [4.69, 9.17) is 4.74 Å². The van der Waals surface area contributed by atoms with Gasteiger partial charge in [-0.3, -0.25) is 0 Å². The lowest BCUT2D eigenvalue weighted by atomic mass is 10.00. The van der Waals surface area contributed by atoms with Crippen LogP contribution in [-0.4, -0.2) is 12.2 Å². The van der Waals surface area contributed by atoms with E-state index in [9.17, 15) is 9.50 Å². The zero-order valence-corrected chi connectivity index (χ0v) is 11.1. The zero-order chi connectivity index (χ0) is 13.8. The highest BCUT2D eigenvalue weighted by Crippen LogP contribution is 2.22. The summed E-state index contributed by atoms with van der Waals surface area (Å²) in [5, 5.41) is 10.2. The lowest BCUT2D eigenvalue weighted by molar-refractivity contribution is 0.178. The molecule has 2 aromatic rings. The molecule has 2 rings (SSSR count). The van der Waals surface area contributed by atoms with Crippen LogP contribution in [0.15, 0.2) is 42.5 Å². The molecule has 3 heteroatoms. The number of benzene rings is 2. The second-order valence-corrected chi connectivity index (χ2v) is 4.58. The Bertz CT molecular complexity index is 566. The first-order valence-electron chi connectivity index (χ1n) is 6.17. The van der Waals surface area contributed by atoms with Crippen LogP contribution >= 0.6 is 0 Å². The lowest BCUT2D eigenvalue weighted by Gasteiger charge is -2.13. The Morgan fingerprint density at radius 1 is 1.21 bits per heavy atom. The van der Waals surface area contributed by atoms with Crippen LogP contribution in [0.25, 0.3) is 0 Å². The molecule has 0 fully saturated rings. The molecule has 2 nitrogen and oxygen atoms in total. The average molecular weight is 260 g/mol. The van der Waals surface area contributed by atoms with Crippen molar-refractivity contribution in [2.45, 2.75) is 19.4 Å². The third-order valence-corrected chi connectivity index (χ3v) is 3.13. The van der Waals surface area contributed by atoms with E-state index in [-0.39, 0.29) is 5.82 Å². The van der Waals surface area contributed by atoms with Crippen LogP contribution in [0.5, 0.6) is 5.75 Å². The van der Waals surface area contributed by atoms with Gasteiger partial charge in [-0.05, 0) is 41.8 Å². The van der Waals surface area contributed by atoms with Crippen LogP contribution < -0.4 is 4.74 Å². The number of ether oxygens (including phenoxy) is 1. The van der Waals surface area contributed by atoms with Crippen molar-refractivity contribution in [2.24, 2.45) is 0 Å². The zero-order valence-electron chi connectivity index (χ0n) is 11.1. The van der Waals surface area contributed by atoms with E-state index in [0.717, 1.165) is 16.9 Å². The number of rotatable bonds is 4. The van der Waals surface area contributed by atoms with Gasteiger partial charge in [0.2, 0.25) is 0 Å². The fourth-order valence-corrected chi connectivity index (χ4v) is 2.02. The second kappa shape index (κ2) is 5.85. The highest BCUT2D eigenvalue weighted by atomic mass is 19.1. The summed E-state index contributed by atoms with van der Waals surface area (Å²) in [6, 6.07) is 12.3. The number of methoxy groups -OCH3 is 1. The summed E-state index contributed by atoms with van der Waals surface area (Å²) in [6.45, 7) is 1.69. The Morgan fingerprint density at radius 2 is 2.00 bits per heavy atom. The van der Waals surface area contributed by atoms with Gasteiger partial charge in [0.25, 0.3) is 0 Å². The summed E-state index contributed by atoms with van der Waals surface area (Å²) < 4.78 is 18.3. The maximum atomic E-state index is 13.2. The van der Waals surface area contributed by atoms with E-state index in [0.29, 0.717) is 12.0 Å². The molecule has 1 unspecified atom stereocenters. The van der Waals surface area contributed by atoms with Crippen LogP contribution in [0.4, 0.5) is 4.39 Å². The molecule has 100 valence electrons. The molecule has 0 saturated carbocycles. The molecule has 0 bridgehead atoms. The van der Waals surface area contributed by atoms with Gasteiger partial charge in [-0.15, -0.1) is 0 Å². The van der Waals surface area contributed by atoms with Crippen LogP contribution in [0, 0.1) is 12.7 Å². The summed E-state index contributed by atoms with van der Waals surface area (Å²) in [4.78, 5) is 0. The van der Waals surface area contributed by atoms with Gasteiger partial charge in [0.15, 0.2) is 0 Å². The van der Waals surface area contributed by atoms with Crippen molar-refractivity contribution in [1.29, 1.82) is 0 Å². The van der Waals surface area contributed by atoms with Crippen molar-refractivity contribution >= 4 is 0 Å². The van der Waals surface area contributed by atoms with E-state index in [1.807, 2.05) is 24.3 Å². The fourth-order valence-electron chi connectivity index (χ4n) is 2.02. The molecule has 19 heavy (non-hydrogen) atoms. The topological polar surface area (TPSA) is 29.5 Å². The Kier molecular flexibility index (Phi) is 4.17. The number of halogens is 1. The van der Waals surface area contributed by atoms with Gasteiger partial charge in [-0.25, -0.2) is 4.39 Å². The van der Waals surface area contributed by atoms with E-state index in [1.165, 1.54) is 6.07 Å². The number of hydrogen-bond acceptors (Lipinski definition) is 2. The Balaban J connectivity index is 2.15. The molecule has 0 aliphatic rings. The molecule has 0 heterocycles. The number of aliphatic hydroxyl groups is 1. The third-order valence-electron chi connectivity index (χ3n) is 3.13. The van der Waals surface area contributed by atoms with Gasteiger partial charge >= 0.3 is 0 Å². The van der Waals surface area contributed by atoms with Crippen LogP contribution in [0.2, 0.25) is 0 Å². The first-order valence-corrected chi connectivity index (χ1v) is 6.17. The van der Waals surface area contributed by atoms with Crippen molar-refractivity contribution in [1.82, 2.24) is 0 Å². The molecule has 0 aliphatic heterocycles. The van der Waals surface area contributed by atoms with Crippen LogP contribution in [-0.2, 0) is 6.42 Å². The number of aryl methyl sites for hydroxylation is 1. The minimum Gasteiger partial charge on any atom is -0.497 e. The highest BCUT2D eigenvalue weighted by Gasteiger charge is 2.10. The lowest BCUT2D eigenvalue weighted by Crippen LogP contribution is -2.03. The molecule has 0 spiro atoms. The van der Waals surface area contributed by atoms with E-state index in [1.54, 1.807) is 26.2 Å². The maximum Gasteiger partial charge on any atom is 0.126 e. The van der Waals surface area contributed by atoms with E-state index < -0.39 is 6.10 Å². The van der Waals surface area contributed by atoms with Crippen molar-refractivity contribution < 1.29 is 14.2 Å². The number of aliphatic hydroxyl groups excluding tert-OH is 1. The largest absolute Gasteiger partial charge is 0.497 e. The molecule has 0 radical (unpaired) electrons. The summed E-state index contributed by atoms with van der Waals surface area (Å²) >= 11 is 0. The molecule has 0 saturated heterocycles. The van der Waals surface area contributed by atoms with Gasteiger partial charge in [0.1, 0.15) is 11.6 Å². The molecule has 0 amide bonds. The van der Waals surface area contributed by atoms with Gasteiger partial charge in [0, 0.05) is 6.42 Å². The van der Waals surface area contributed by atoms with Crippen molar-refractivity contribution in [3.8, 4) is 5.75 Å². The summed E-state index contributed by atoms with van der Waals surface area (Å²) in [6.07, 6.45) is -0.172. The fraction of sp³-hybridized carbons (Fsp3) is 0.250. The Hall–Kier alpha value is -1.87. The van der Waals surface area contributed by atoms with Crippen LogP contribution in [0.3, 0.4) is 0 Å². The van der Waals surface area contributed by atoms with Crippen molar-refractivity contribution in [3.63, 3.8) is 0 Å². The Labute approximate surface area is 112 Å². The Morgan fingerprint density at radius 3 is 2.68 bits per heavy atom. The van der Waals surface area contributed by atoms with Crippen LogP contribution in [0.1, 0.15) is 22.8 Å². The normalized spacial score (nSPS) is 12.2. The first kappa shape index (κ1) is 13.6. The standard InChI is InChI=1S/C16H17FO2/c1-11-8-13(6-7-15(11)17)16(18)10-12-4-3-5-14(9-12)19-2/h3-9,16,18H,10H2,1-2H3. The summed E-state index contributed by atoms with van der Waals surface area (Å²) in [7, 11) is 1.61. The maximum absolute atomic E-state index is 13.2. The van der Waals surface area contributed by atoms with Gasteiger partial charge in [-0.1, -0.05) is 24.3 Å². The van der Waals surface area contributed by atoms with E-state index in [2.05, 4.69) is 0 Å². The summed E-state index contributed by atoms with van der Waals surface area (Å²) in [5.74, 6) is 0.511. The molecule has 0 aliphatic carbocycles. The monoisotopic (exact) mass is 260 g/mol. The van der Waals surface area contributed by atoms with Crippen molar-refractivity contribution in [2.75, 3.05) is 7.11 Å². The van der Waals surface area contributed by atoms with Gasteiger partial charge in [-0.2, -0.15) is 0 Å². The average Bonchev–Trinajstić information content (AvgIpc) is 2.42. The number of hydrogen-bond donors (Lipinski definition) is 1. The quantitative estimate of drug-likeness (QED) is 0.912. The second-order valence-electron chi connectivity index (χ2n) is 4.58. The predicted molar refractivity (Wildman–Crippen MR) is 72.8 cm³/mol. The molecule has 2 aromatic carbocycles. The minimum absolute atomic E-state index is 0.252. The minimum atomic E-state index is -0.647. The predicted octanol–water partition coefficient (Wildman–Crippen LogP) is 3.42. The first-order chi connectivity index (χ1) is 9.10. The highest BCUT2D eigenvalue weighted by molar-refractivity contribution is 5.31.